The summed E-state index contributed by atoms with van der Waals surface area (Å²) in [5.41, 5.74) is 3.06. The second-order valence-corrected chi connectivity index (χ2v) is 8.51. The molecule has 0 radical (unpaired) electrons. The summed E-state index contributed by atoms with van der Waals surface area (Å²) in [6.45, 7) is 5.66. The highest BCUT2D eigenvalue weighted by Crippen LogP contribution is 2.32. The summed E-state index contributed by atoms with van der Waals surface area (Å²) in [5.74, 6) is 0.694. The van der Waals surface area contributed by atoms with Gasteiger partial charge in [0.1, 0.15) is 27.6 Å². The quantitative estimate of drug-likeness (QED) is 0.513. The van der Waals surface area contributed by atoms with Crippen molar-refractivity contribution in [3.8, 4) is 17.0 Å². The van der Waals surface area contributed by atoms with Crippen LogP contribution in [0.4, 0.5) is 0 Å². The molecule has 0 unspecified atom stereocenters. The van der Waals surface area contributed by atoms with Crippen molar-refractivity contribution in [1.29, 1.82) is 0 Å². The van der Waals surface area contributed by atoms with Gasteiger partial charge in [-0.05, 0) is 51.1 Å². The molecule has 0 aliphatic rings. The van der Waals surface area contributed by atoms with Crippen LogP contribution in [-0.4, -0.2) is 27.8 Å². The van der Waals surface area contributed by atoms with Crippen LogP contribution >= 0.6 is 0 Å². The van der Waals surface area contributed by atoms with Crippen LogP contribution in [0.2, 0.25) is 0 Å². The zero-order valence-electron chi connectivity index (χ0n) is 14.6. The molecule has 0 amide bonds. The average molecular weight is 356 g/mol. The van der Waals surface area contributed by atoms with Crippen molar-refractivity contribution in [1.82, 2.24) is 5.16 Å². The summed E-state index contributed by atoms with van der Waals surface area (Å²) < 4.78 is 26.8. The smallest absolute Gasteiger partial charge is 0.167 e. The highest BCUT2D eigenvalue weighted by atomic mass is 32.2. The predicted molar refractivity (Wildman–Crippen MR) is 101 cm³/mol. The van der Waals surface area contributed by atoms with Gasteiger partial charge in [0.15, 0.2) is 5.58 Å². The minimum Gasteiger partial charge on any atom is -0.591 e. The van der Waals surface area contributed by atoms with Gasteiger partial charge in [0, 0.05) is 16.5 Å². The molecule has 0 N–H and O–H groups in total. The Balaban J connectivity index is 2.09. The fraction of sp³-hybridized carbons (Fsp3) is 0.263. The molecule has 130 valence electrons. The monoisotopic (exact) mass is 356 g/mol. The Morgan fingerprint density at radius 3 is 2.68 bits per heavy atom. The van der Waals surface area contributed by atoms with E-state index < -0.39 is 16.1 Å². The minimum atomic E-state index is -1.34. The standard InChI is InChI=1S/C19H20N2O3S/c1-19(2,3)25(22)20-12-13-11-14(23-4)9-10-15(13)18-16-7-5-6-8-17(16)24-21-18/h5-12H,1-4H3/t25-/m0/s1. The van der Waals surface area contributed by atoms with E-state index in [0.29, 0.717) is 5.75 Å². The molecule has 0 aliphatic heterocycles. The molecule has 0 saturated carbocycles. The number of ether oxygens (including phenoxy) is 1. The van der Waals surface area contributed by atoms with Crippen molar-refractivity contribution < 1.29 is 13.8 Å². The summed E-state index contributed by atoms with van der Waals surface area (Å²) in [4.78, 5) is 0. The van der Waals surface area contributed by atoms with Crippen molar-refractivity contribution in [2.75, 3.05) is 7.11 Å². The Morgan fingerprint density at radius 2 is 1.96 bits per heavy atom. The Morgan fingerprint density at radius 1 is 1.20 bits per heavy atom. The summed E-state index contributed by atoms with van der Waals surface area (Å²) in [5, 5.41) is 5.12. The van der Waals surface area contributed by atoms with Gasteiger partial charge < -0.3 is 13.8 Å². The lowest BCUT2D eigenvalue weighted by molar-refractivity contribution is 0.414. The number of nitrogens with zero attached hydrogens (tertiary/aromatic N) is 2. The van der Waals surface area contributed by atoms with Gasteiger partial charge in [-0.15, -0.1) is 0 Å². The molecule has 5 nitrogen and oxygen atoms in total. The first-order valence-electron chi connectivity index (χ1n) is 7.89. The highest BCUT2D eigenvalue weighted by molar-refractivity contribution is 7.91. The number of benzene rings is 2. The maximum absolute atomic E-state index is 12.3. The van der Waals surface area contributed by atoms with E-state index in [2.05, 4.69) is 9.55 Å². The van der Waals surface area contributed by atoms with Crippen LogP contribution in [0, 0.1) is 0 Å². The van der Waals surface area contributed by atoms with Gasteiger partial charge in [-0.2, -0.15) is 0 Å². The van der Waals surface area contributed by atoms with E-state index in [1.54, 1.807) is 13.3 Å². The molecule has 25 heavy (non-hydrogen) atoms. The molecule has 0 bridgehead atoms. The first kappa shape index (κ1) is 17.5. The zero-order valence-corrected chi connectivity index (χ0v) is 15.5. The fourth-order valence-electron chi connectivity index (χ4n) is 2.33. The molecule has 3 aromatic rings. The molecular formula is C19H20N2O3S. The van der Waals surface area contributed by atoms with E-state index in [4.69, 9.17) is 9.26 Å². The Hall–Kier alpha value is -2.31. The average Bonchev–Trinajstić information content (AvgIpc) is 3.02. The Bertz CT molecular complexity index is 912. The number of fused-ring (bicyclic) bond motifs is 1. The van der Waals surface area contributed by atoms with Gasteiger partial charge in [-0.3, -0.25) is 0 Å². The molecular weight excluding hydrogens is 336 g/mol. The van der Waals surface area contributed by atoms with E-state index in [-0.39, 0.29) is 0 Å². The molecule has 0 fully saturated rings. The Kier molecular flexibility index (Phi) is 4.83. The first-order chi connectivity index (χ1) is 11.9. The normalized spacial score (nSPS) is 13.5. The minimum absolute atomic E-state index is 0.421. The van der Waals surface area contributed by atoms with Crippen molar-refractivity contribution >= 4 is 28.5 Å². The first-order valence-corrected chi connectivity index (χ1v) is 9.00. The lowest BCUT2D eigenvalue weighted by atomic mass is 10.0. The Labute approximate surface area is 150 Å². The van der Waals surface area contributed by atoms with Gasteiger partial charge in [0.05, 0.1) is 13.3 Å². The maximum Gasteiger partial charge on any atom is 0.167 e. The van der Waals surface area contributed by atoms with Crippen LogP contribution in [0.1, 0.15) is 26.3 Å². The molecule has 2 aromatic carbocycles. The van der Waals surface area contributed by atoms with Gasteiger partial charge in [0.2, 0.25) is 0 Å². The number of methoxy groups -OCH3 is 1. The number of para-hydroxylation sites is 1. The third-order valence-corrected chi connectivity index (χ3v) is 5.05. The molecule has 6 heteroatoms. The summed E-state index contributed by atoms with van der Waals surface area (Å²) in [6.07, 6.45) is 1.61. The van der Waals surface area contributed by atoms with Crippen molar-refractivity contribution in [2.45, 2.75) is 25.5 Å². The number of rotatable bonds is 4. The third-order valence-electron chi connectivity index (χ3n) is 3.70. The van der Waals surface area contributed by atoms with E-state index in [1.165, 1.54) is 0 Å². The van der Waals surface area contributed by atoms with E-state index >= 15 is 0 Å². The van der Waals surface area contributed by atoms with Gasteiger partial charge in [-0.1, -0.05) is 21.7 Å². The summed E-state index contributed by atoms with van der Waals surface area (Å²) in [6, 6.07) is 13.3. The van der Waals surface area contributed by atoms with Gasteiger partial charge in [0.25, 0.3) is 0 Å². The lowest BCUT2D eigenvalue weighted by Crippen LogP contribution is -2.25. The van der Waals surface area contributed by atoms with Crippen LogP contribution in [0.3, 0.4) is 0 Å². The number of hydrogen-bond donors (Lipinski definition) is 0. The van der Waals surface area contributed by atoms with Crippen LogP contribution < -0.4 is 4.74 Å². The summed E-state index contributed by atoms with van der Waals surface area (Å²) >= 11 is -1.34. The fourth-order valence-corrected chi connectivity index (χ4v) is 2.86. The highest BCUT2D eigenvalue weighted by Gasteiger charge is 2.26. The lowest BCUT2D eigenvalue weighted by Gasteiger charge is -2.17. The SMILES string of the molecule is COc1ccc(-c2noc3ccccc23)c(C=N[S@@+]([O-])C(C)(C)C)c1. The predicted octanol–water partition coefficient (Wildman–Crippen LogP) is 4.38. The van der Waals surface area contributed by atoms with Crippen LogP contribution in [-0.2, 0) is 11.4 Å². The molecule has 0 aliphatic carbocycles. The van der Waals surface area contributed by atoms with E-state index in [1.807, 2.05) is 63.2 Å². The number of hydrogen-bond acceptors (Lipinski definition) is 5. The van der Waals surface area contributed by atoms with Crippen molar-refractivity contribution in [2.24, 2.45) is 4.40 Å². The third kappa shape index (κ3) is 3.70. The molecule has 3 rings (SSSR count). The molecule has 0 spiro atoms. The topological polar surface area (TPSA) is 70.7 Å². The van der Waals surface area contributed by atoms with Crippen LogP contribution in [0.25, 0.3) is 22.2 Å². The molecule has 1 atom stereocenters. The van der Waals surface area contributed by atoms with Crippen molar-refractivity contribution in [3.05, 3.63) is 48.0 Å². The van der Waals surface area contributed by atoms with E-state index in [0.717, 1.165) is 27.8 Å². The molecule has 1 heterocycles. The van der Waals surface area contributed by atoms with E-state index in [9.17, 15) is 4.55 Å². The molecule has 0 saturated heterocycles. The largest absolute Gasteiger partial charge is 0.591 e. The second kappa shape index (κ2) is 6.90. The summed E-state index contributed by atoms with van der Waals surface area (Å²) in [7, 11) is 1.61. The van der Waals surface area contributed by atoms with Gasteiger partial charge in [-0.25, -0.2) is 0 Å². The van der Waals surface area contributed by atoms with Crippen LogP contribution in [0.5, 0.6) is 5.75 Å². The zero-order chi connectivity index (χ0) is 18.0. The maximum atomic E-state index is 12.3. The molecule has 1 aromatic heterocycles. The van der Waals surface area contributed by atoms with Gasteiger partial charge >= 0.3 is 0 Å². The number of aromatic nitrogens is 1. The second-order valence-electron chi connectivity index (χ2n) is 6.58. The van der Waals surface area contributed by atoms with Crippen molar-refractivity contribution in [3.63, 3.8) is 0 Å². The van der Waals surface area contributed by atoms with Crippen LogP contribution in [0.15, 0.2) is 51.4 Å².